The standard InChI is InChI=1S/C30H37OP2/c1-21(2)27-19-14-24(5)20-30(27)33(31)29-9-7-6-8-28(29)32(25-15-10-22(3)11-16-25)26-17-12-23(4)13-18-26/h6-13,15-18,21,24,27,30H,14,19-20H2,1-5H3/q+1/t24-,27+,30-/m1/s1. The molecule has 1 aliphatic carbocycles. The third kappa shape index (κ3) is 5.48. The van der Waals surface area contributed by atoms with E-state index >= 15 is 0 Å². The van der Waals surface area contributed by atoms with Crippen molar-refractivity contribution in [3.63, 3.8) is 0 Å². The Morgan fingerprint density at radius 3 is 1.91 bits per heavy atom. The summed E-state index contributed by atoms with van der Waals surface area (Å²) in [5.41, 5.74) is 2.82. The van der Waals surface area contributed by atoms with Gasteiger partial charge < -0.3 is 0 Å². The number of benzene rings is 3. The molecule has 0 radical (unpaired) electrons. The molecule has 1 nitrogen and oxygen atoms in total. The van der Waals surface area contributed by atoms with Crippen LogP contribution in [0, 0.1) is 31.6 Å². The first-order chi connectivity index (χ1) is 15.8. The van der Waals surface area contributed by atoms with Crippen LogP contribution in [-0.4, -0.2) is 5.66 Å². The van der Waals surface area contributed by atoms with Crippen molar-refractivity contribution in [1.29, 1.82) is 0 Å². The lowest BCUT2D eigenvalue weighted by atomic mass is 9.77. The smallest absolute Gasteiger partial charge is 0.0677 e. The van der Waals surface area contributed by atoms with Crippen LogP contribution in [0.2, 0.25) is 0 Å². The maximum atomic E-state index is 14.3. The summed E-state index contributed by atoms with van der Waals surface area (Å²) in [5, 5.41) is 5.01. The molecule has 0 heterocycles. The minimum atomic E-state index is -1.47. The molecule has 1 aliphatic rings. The monoisotopic (exact) mass is 475 g/mol. The quantitative estimate of drug-likeness (QED) is 0.352. The Bertz CT molecular complexity index is 1040. The summed E-state index contributed by atoms with van der Waals surface area (Å²) in [6.07, 6.45) is 3.56. The van der Waals surface area contributed by atoms with Crippen molar-refractivity contribution in [2.45, 2.75) is 59.5 Å². The SMILES string of the molecule is Cc1ccc(P(c2ccc(C)cc2)c2ccccc2[P+](=O)[C@@H]2C[C@H](C)CC[C@H]2C(C)C)cc1. The van der Waals surface area contributed by atoms with Crippen LogP contribution in [0.4, 0.5) is 0 Å². The largest absolute Gasteiger partial charge is 0.381 e. The topological polar surface area (TPSA) is 17.1 Å². The van der Waals surface area contributed by atoms with Gasteiger partial charge >= 0.3 is 7.80 Å². The molecule has 0 aromatic heterocycles. The Morgan fingerprint density at radius 2 is 1.36 bits per heavy atom. The van der Waals surface area contributed by atoms with Crippen molar-refractivity contribution < 1.29 is 4.57 Å². The van der Waals surface area contributed by atoms with E-state index in [1.54, 1.807) is 0 Å². The van der Waals surface area contributed by atoms with Gasteiger partial charge in [0.05, 0.1) is 0 Å². The third-order valence-electron chi connectivity index (χ3n) is 7.23. The third-order valence-corrected chi connectivity index (χ3v) is 12.0. The number of aryl methyl sites for hydroxylation is 2. The molecular weight excluding hydrogens is 438 g/mol. The normalized spacial score (nSPS) is 21.4. The fraction of sp³-hybridized carbons (Fsp3) is 0.400. The van der Waals surface area contributed by atoms with E-state index in [4.69, 9.17) is 0 Å². The lowest BCUT2D eigenvalue weighted by molar-refractivity contribution is 0.239. The van der Waals surface area contributed by atoms with E-state index in [0.29, 0.717) is 17.8 Å². The van der Waals surface area contributed by atoms with Crippen LogP contribution < -0.4 is 21.2 Å². The van der Waals surface area contributed by atoms with Gasteiger partial charge in [-0.15, -0.1) is 0 Å². The van der Waals surface area contributed by atoms with E-state index in [2.05, 4.69) is 107 Å². The van der Waals surface area contributed by atoms with Crippen molar-refractivity contribution in [3.05, 3.63) is 83.9 Å². The summed E-state index contributed by atoms with van der Waals surface area (Å²) < 4.78 is 14.3. The van der Waals surface area contributed by atoms with Gasteiger partial charge in [0.1, 0.15) is 0 Å². The first kappa shape index (κ1) is 24.3. The summed E-state index contributed by atoms with van der Waals surface area (Å²) in [7, 11) is -2.24. The molecule has 1 unspecified atom stereocenters. The summed E-state index contributed by atoms with van der Waals surface area (Å²) in [5.74, 6) is 1.78. The molecule has 172 valence electrons. The Labute approximate surface area is 202 Å². The van der Waals surface area contributed by atoms with Crippen molar-refractivity contribution in [1.82, 2.24) is 0 Å². The van der Waals surface area contributed by atoms with Gasteiger partial charge in [-0.3, -0.25) is 0 Å². The summed E-state index contributed by atoms with van der Waals surface area (Å²) in [6.45, 7) is 11.2. The van der Waals surface area contributed by atoms with E-state index in [0.717, 1.165) is 11.7 Å². The second kappa shape index (κ2) is 10.6. The minimum absolute atomic E-state index is 0.276. The zero-order chi connectivity index (χ0) is 23.5. The van der Waals surface area contributed by atoms with Gasteiger partial charge in [-0.2, -0.15) is 0 Å². The zero-order valence-corrected chi connectivity index (χ0v) is 22.5. The summed E-state index contributed by atoms with van der Waals surface area (Å²) in [4.78, 5) is 0. The molecule has 0 aliphatic heterocycles. The molecule has 0 bridgehead atoms. The van der Waals surface area contributed by atoms with Gasteiger partial charge in [-0.1, -0.05) is 104 Å². The minimum Gasteiger partial charge on any atom is -0.0677 e. The molecule has 4 rings (SSSR count). The molecule has 0 saturated heterocycles. The maximum absolute atomic E-state index is 14.3. The van der Waals surface area contributed by atoms with Gasteiger partial charge in [-0.05, 0) is 69.2 Å². The number of hydrogen-bond acceptors (Lipinski definition) is 1. The van der Waals surface area contributed by atoms with Gasteiger partial charge in [0.15, 0.2) is 11.0 Å². The maximum Gasteiger partial charge on any atom is 0.381 e. The van der Waals surface area contributed by atoms with E-state index < -0.39 is 15.7 Å². The predicted octanol–water partition coefficient (Wildman–Crippen LogP) is 6.98. The Balaban J connectivity index is 1.82. The lowest BCUT2D eigenvalue weighted by Crippen LogP contribution is -2.35. The molecule has 3 aromatic rings. The molecule has 0 N–H and O–H groups in total. The molecule has 1 fully saturated rings. The van der Waals surface area contributed by atoms with Gasteiger partial charge in [0.25, 0.3) is 0 Å². The van der Waals surface area contributed by atoms with Crippen molar-refractivity contribution >= 4 is 36.9 Å². The van der Waals surface area contributed by atoms with Crippen molar-refractivity contribution in [2.24, 2.45) is 17.8 Å². The summed E-state index contributed by atoms with van der Waals surface area (Å²) in [6, 6.07) is 26.5. The predicted molar refractivity (Wildman–Crippen MR) is 147 cm³/mol. The Morgan fingerprint density at radius 1 is 0.818 bits per heavy atom. The van der Waals surface area contributed by atoms with Gasteiger partial charge in [0.2, 0.25) is 0 Å². The Kier molecular flexibility index (Phi) is 7.83. The molecule has 0 spiro atoms. The highest BCUT2D eigenvalue weighted by atomic mass is 31.1. The first-order valence-electron chi connectivity index (χ1n) is 12.3. The first-order valence-corrected chi connectivity index (χ1v) is 15.0. The van der Waals surface area contributed by atoms with E-state index in [-0.39, 0.29) is 5.66 Å². The highest BCUT2D eigenvalue weighted by molar-refractivity contribution is 7.81. The molecule has 3 heteroatoms. The van der Waals surface area contributed by atoms with E-state index in [1.807, 2.05) is 0 Å². The fourth-order valence-electron chi connectivity index (χ4n) is 5.25. The lowest BCUT2D eigenvalue weighted by Gasteiger charge is -2.31. The second-order valence-electron chi connectivity index (χ2n) is 10.2. The van der Waals surface area contributed by atoms with Gasteiger partial charge in [0, 0.05) is 11.2 Å². The van der Waals surface area contributed by atoms with Crippen molar-refractivity contribution in [3.8, 4) is 0 Å². The van der Waals surface area contributed by atoms with Crippen LogP contribution >= 0.6 is 15.7 Å². The average Bonchev–Trinajstić information content (AvgIpc) is 2.81. The molecule has 4 atom stereocenters. The molecular formula is C30H37OP2+. The number of hydrogen-bond donors (Lipinski definition) is 0. The van der Waals surface area contributed by atoms with Crippen LogP contribution in [0.25, 0.3) is 0 Å². The average molecular weight is 476 g/mol. The van der Waals surface area contributed by atoms with Gasteiger partial charge in [-0.25, -0.2) is 0 Å². The zero-order valence-electron chi connectivity index (χ0n) is 20.7. The van der Waals surface area contributed by atoms with Crippen LogP contribution in [0.3, 0.4) is 0 Å². The van der Waals surface area contributed by atoms with E-state index in [1.165, 1.54) is 39.9 Å². The second-order valence-corrected chi connectivity index (χ2v) is 14.2. The highest BCUT2D eigenvalue weighted by Gasteiger charge is 2.45. The molecule has 33 heavy (non-hydrogen) atoms. The Hall–Kier alpha value is -1.81. The van der Waals surface area contributed by atoms with Crippen LogP contribution in [0.1, 0.15) is 51.2 Å². The highest BCUT2D eigenvalue weighted by Crippen LogP contribution is 2.47. The van der Waals surface area contributed by atoms with Crippen LogP contribution in [0.15, 0.2) is 72.8 Å². The molecule has 3 aromatic carbocycles. The summed E-state index contributed by atoms with van der Waals surface area (Å²) >= 11 is 0. The molecule has 1 saturated carbocycles. The number of rotatable bonds is 6. The molecule has 0 amide bonds. The van der Waals surface area contributed by atoms with Crippen LogP contribution in [-0.2, 0) is 4.57 Å². The van der Waals surface area contributed by atoms with Crippen molar-refractivity contribution in [2.75, 3.05) is 0 Å². The fourth-order valence-corrected chi connectivity index (χ4v) is 10.4. The van der Waals surface area contributed by atoms with E-state index in [9.17, 15) is 4.57 Å². The van der Waals surface area contributed by atoms with Crippen LogP contribution in [0.5, 0.6) is 0 Å².